The predicted octanol–water partition coefficient (Wildman–Crippen LogP) is 3.33. The molecule has 0 amide bonds. The van der Waals surface area contributed by atoms with Gasteiger partial charge in [0, 0.05) is 17.1 Å². The maximum atomic E-state index is 10.6. The number of hydrogen-bond donors (Lipinski definition) is 1. The van der Waals surface area contributed by atoms with Crippen molar-refractivity contribution in [3.8, 4) is 5.75 Å². The summed E-state index contributed by atoms with van der Waals surface area (Å²) in [5.74, 6) is 0.686. The van der Waals surface area contributed by atoms with Crippen molar-refractivity contribution < 1.29 is 9.84 Å². The SMILES string of the molecule is COc1ccccc1C(O)c1ccc2ncccc2c1. The monoisotopic (exact) mass is 265 g/mol. The largest absolute Gasteiger partial charge is 0.496 e. The van der Waals surface area contributed by atoms with E-state index in [0.29, 0.717) is 5.75 Å². The molecule has 0 aliphatic rings. The van der Waals surface area contributed by atoms with E-state index in [9.17, 15) is 5.11 Å². The van der Waals surface area contributed by atoms with Crippen LogP contribution >= 0.6 is 0 Å². The van der Waals surface area contributed by atoms with Gasteiger partial charge in [-0.3, -0.25) is 4.98 Å². The van der Waals surface area contributed by atoms with Crippen LogP contribution < -0.4 is 4.74 Å². The van der Waals surface area contributed by atoms with Gasteiger partial charge in [0.15, 0.2) is 0 Å². The Morgan fingerprint density at radius 3 is 2.75 bits per heavy atom. The van der Waals surface area contributed by atoms with Gasteiger partial charge in [-0.05, 0) is 29.8 Å². The Bertz CT molecular complexity index is 740. The number of aliphatic hydroxyl groups is 1. The van der Waals surface area contributed by atoms with Crippen LogP contribution in [0.25, 0.3) is 10.9 Å². The maximum absolute atomic E-state index is 10.6. The third-order valence-electron chi connectivity index (χ3n) is 3.38. The Labute approximate surface area is 117 Å². The summed E-state index contributed by atoms with van der Waals surface area (Å²) in [4.78, 5) is 4.28. The van der Waals surface area contributed by atoms with Crippen molar-refractivity contribution in [3.63, 3.8) is 0 Å². The summed E-state index contributed by atoms with van der Waals surface area (Å²) < 4.78 is 5.30. The van der Waals surface area contributed by atoms with E-state index in [1.54, 1.807) is 13.3 Å². The first-order chi connectivity index (χ1) is 9.79. The number of ether oxygens (including phenoxy) is 1. The van der Waals surface area contributed by atoms with Crippen LogP contribution in [0.2, 0.25) is 0 Å². The van der Waals surface area contributed by atoms with Crippen LogP contribution in [0.1, 0.15) is 17.2 Å². The summed E-state index contributed by atoms with van der Waals surface area (Å²) in [6.45, 7) is 0. The van der Waals surface area contributed by atoms with Crippen molar-refractivity contribution in [3.05, 3.63) is 71.9 Å². The highest BCUT2D eigenvalue weighted by atomic mass is 16.5. The van der Waals surface area contributed by atoms with E-state index in [0.717, 1.165) is 22.0 Å². The van der Waals surface area contributed by atoms with Gasteiger partial charge in [0.05, 0.1) is 12.6 Å². The minimum atomic E-state index is -0.712. The standard InChI is InChI=1S/C17H15NO2/c1-20-16-7-3-2-6-14(16)17(19)13-8-9-15-12(11-13)5-4-10-18-15/h2-11,17,19H,1H3. The first kappa shape index (κ1) is 12.6. The Hall–Kier alpha value is -2.39. The third kappa shape index (κ3) is 2.24. The van der Waals surface area contributed by atoms with Gasteiger partial charge in [0.1, 0.15) is 11.9 Å². The highest BCUT2D eigenvalue weighted by molar-refractivity contribution is 5.79. The molecule has 3 rings (SSSR count). The third-order valence-corrected chi connectivity index (χ3v) is 3.38. The van der Waals surface area contributed by atoms with Crippen LogP contribution in [0.15, 0.2) is 60.8 Å². The molecule has 1 aromatic heterocycles. The summed E-state index contributed by atoms with van der Waals surface area (Å²) >= 11 is 0. The molecule has 1 unspecified atom stereocenters. The smallest absolute Gasteiger partial charge is 0.125 e. The Kier molecular flexibility index (Phi) is 3.35. The van der Waals surface area contributed by atoms with E-state index in [-0.39, 0.29) is 0 Å². The maximum Gasteiger partial charge on any atom is 0.125 e. The van der Waals surface area contributed by atoms with E-state index in [4.69, 9.17) is 4.74 Å². The molecule has 0 saturated heterocycles. The lowest BCUT2D eigenvalue weighted by atomic mass is 9.99. The number of methoxy groups -OCH3 is 1. The quantitative estimate of drug-likeness (QED) is 0.790. The molecule has 0 radical (unpaired) electrons. The number of pyridine rings is 1. The molecule has 0 bridgehead atoms. The van der Waals surface area contributed by atoms with Crippen LogP contribution in [0.5, 0.6) is 5.75 Å². The molecule has 0 fully saturated rings. The van der Waals surface area contributed by atoms with E-state index in [1.807, 2.05) is 54.6 Å². The van der Waals surface area contributed by atoms with E-state index < -0.39 is 6.10 Å². The van der Waals surface area contributed by atoms with Gasteiger partial charge in [0.2, 0.25) is 0 Å². The molecule has 3 aromatic rings. The van der Waals surface area contributed by atoms with Crippen LogP contribution in [-0.2, 0) is 0 Å². The molecule has 0 aliphatic heterocycles. The first-order valence-corrected chi connectivity index (χ1v) is 6.45. The first-order valence-electron chi connectivity index (χ1n) is 6.45. The number of nitrogens with zero attached hydrogens (tertiary/aromatic N) is 1. The van der Waals surface area contributed by atoms with Gasteiger partial charge < -0.3 is 9.84 Å². The van der Waals surface area contributed by atoms with Crippen molar-refractivity contribution in [2.45, 2.75) is 6.10 Å². The lowest BCUT2D eigenvalue weighted by Crippen LogP contribution is -2.02. The summed E-state index contributed by atoms with van der Waals surface area (Å²) in [5.41, 5.74) is 2.51. The number of benzene rings is 2. The Morgan fingerprint density at radius 1 is 1.05 bits per heavy atom. The zero-order valence-corrected chi connectivity index (χ0v) is 11.2. The van der Waals surface area contributed by atoms with Crippen LogP contribution in [0.3, 0.4) is 0 Å². The van der Waals surface area contributed by atoms with Gasteiger partial charge in [-0.25, -0.2) is 0 Å². The van der Waals surface area contributed by atoms with Gasteiger partial charge >= 0.3 is 0 Å². The minimum absolute atomic E-state index is 0.686. The zero-order valence-electron chi connectivity index (χ0n) is 11.2. The molecule has 0 aliphatic carbocycles. The summed E-state index contributed by atoms with van der Waals surface area (Å²) in [6, 6.07) is 17.2. The van der Waals surface area contributed by atoms with Gasteiger partial charge in [-0.2, -0.15) is 0 Å². The van der Waals surface area contributed by atoms with E-state index in [2.05, 4.69) is 4.98 Å². The summed E-state index contributed by atoms with van der Waals surface area (Å²) in [5, 5.41) is 11.6. The lowest BCUT2D eigenvalue weighted by molar-refractivity contribution is 0.215. The number of para-hydroxylation sites is 1. The fourth-order valence-electron chi connectivity index (χ4n) is 2.34. The number of aliphatic hydroxyl groups excluding tert-OH is 1. The van der Waals surface area contributed by atoms with Crippen molar-refractivity contribution in [1.82, 2.24) is 4.98 Å². The van der Waals surface area contributed by atoms with Crippen LogP contribution in [0.4, 0.5) is 0 Å². The van der Waals surface area contributed by atoms with Gasteiger partial charge in [-0.1, -0.05) is 30.3 Å². The Balaban J connectivity index is 2.05. The van der Waals surface area contributed by atoms with E-state index in [1.165, 1.54) is 0 Å². The second-order valence-corrected chi connectivity index (χ2v) is 4.60. The molecule has 2 aromatic carbocycles. The van der Waals surface area contributed by atoms with Crippen LogP contribution in [0, 0.1) is 0 Å². The predicted molar refractivity (Wildman–Crippen MR) is 78.8 cm³/mol. The molecule has 1 N–H and O–H groups in total. The van der Waals surface area contributed by atoms with Gasteiger partial charge in [-0.15, -0.1) is 0 Å². The van der Waals surface area contributed by atoms with Crippen LogP contribution in [-0.4, -0.2) is 17.2 Å². The summed E-state index contributed by atoms with van der Waals surface area (Å²) in [7, 11) is 1.61. The lowest BCUT2D eigenvalue weighted by Gasteiger charge is -2.15. The number of fused-ring (bicyclic) bond motifs is 1. The second kappa shape index (κ2) is 5.31. The Morgan fingerprint density at radius 2 is 1.90 bits per heavy atom. The van der Waals surface area contributed by atoms with Crippen molar-refractivity contribution in [1.29, 1.82) is 0 Å². The normalized spacial score (nSPS) is 12.3. The molecule has 3 nitrogen and oxygen atoms in total. The average molecular weight is 265 g/mol. The van der Waals surface area contributed by atoms with E-state index >= 15 is 0 Å². The average Bonchev–Trinajstić information content (AvgIpc) is 2.53. The molecule has 0 spiro atoms. The molecule has 3 heteroatoms. The molecule has 0 saturated carbocycles. The minimum Gasteiger partial charge on any atom is -0.496 e. The van der Waals surface area contributed by atoms with Crippen molar-refractivity contribution in [2.24, 2.45) is 0 Å². The van der Waals surface area contributed by atoms with Gasteiger partial charge in [0.25, 0.3) is 0 Å². The molecule has 1 atom stereocenters. The topological polar surface area (TPSA) is 42.4 Å². The fraction of sp³-hybridized carbons (Fsp3) is 0.118. The number of aromatic nitrogens is 1. The fourth-order valence-corrected chi connectivity index (χ4v) is 2.34. The number of hydrogen-bond acceptors (Lipinski definition) is 3. The number of rotatable bonds is 3. The molecular formula is C17H15NO2. The highest BCUT2D eigenvalue weighted by Gasteiger charge is 2.15. The van der Waals surface area contributed by atoms with Crippen molar-refractivity contribution >= 4 is 10.9 Å². The molecular weight excluding hydrogens is 250 g/mol. The molecule has 1 heterocycles. The second-order valence-electron chi connectivity index (χ2n) is 4.60. The van der Waals surface area contributed by atoms with Crippen molar-refractivity contribution in [2.75, 3.05) is 7.11 Å². The highest BCUT2D eigenvalue weighted by Crippen LogP contribution is 2.30. The zero-order chi connectivity index (χ0) is 13.9. The molecule has 100 valence electrons. The molecule has 20 heavy (non-hydrogen) atoms. The summed E-state index contributed by atoms with van der Waals surface area (Å²) in [6.07, 6.45) is 1.05.